The molecule has 1 aliphatic rings. The molecule has 0 aliphatic carbocycles. The summed E-state index contributed by atoms with van der Waals surface area (Å²) in [5.41, 5.74) is 0.302. The number of sulfonamides is 1. The molecule has 0 bridgehead atoms. The largest absolute Gasteiger partial charge is 0.459 e. The monoisotopic (exact) mass is 488 g/mol. The molecule has 2 heterocycles. The Bertz CT molecular complexity index is 1310. The van der Waals surface area contributed by atoms with Crippen molar-refractivity contribution in [1.82, 2.24) is 9.62 Å². The van der Waals surface area contributed by atoms with E-state index in [4.69, 9.17) is 4.42 Å². The fraction of sp³-hybridized carbons (Fsp3) is 0.261. The summed E-state index contributed by atoms with van der Waals surface area (Å²) in [6.07, 6.45) is 2.19. The van der Waals surface area contributed by atoms with Gasteiger partial charge in [-0.05, 0) is 43.2 Å². The van der Waals surface area contributed by atoms with Crippen LogP contribution in [0.3, 0.4) is 0 Å². The number of carbonyl (C=O) groups is 1. The van der Waals surface area contributed by atoms with Crippen molar-refractivity contribution in [2.75, 3.05) is 13.1 Å². The molecule has 8 nitrogen and oxygen atoms in total. The van der Waals surface area contributed by atoms with Crippen molar-refractivity contribution in [3.63, 3.8) is 0 Å². The molecule has 0 atom stereocenters. The Morgan fingerprint density at radius 2 is 1.45 bits per heavy atom. The molecule has 1 aromatic heterocycles. The summed E-state index contributed by atoms with van der Waals surface area (Å²) in [6.45, 7) is 0.652. The average molecular weight is 489 g/mol. The first-order valence-electron chi connectivity index (χ1n) is 10.5. The van der Waals surface area contributed by atoms with E-state index in [2.05, 4.69) is 4.72 Å². The Morgan fingerprint density at radius 1 is 0.879 bits per heavy atom. The van der Waals surface area contributed by atoms with E-state index in [0.717, 1.165) is 0 Å². The molecule has 1 fully saturated rings. The fourth-order valence-electron chi connectivity index (χ4n) is 3.78. The predicted octanol–water partition coefficient (Wildman–Crippen LogP) is 2.84. The van der Waals surface area contributed by atoms with E-state index in [-0.39, 0.29) is 27.3 Å². The van der Waals surface area contributed by atoms with Crippen LogP contribution in [0.4, 0.5) is 0 Å². The number of carbonyl (C=O) groups excluding carboxylic acids is 1. The van der Waals surface area contributed by atoms with Gasteiger partial charge in [0, 0.05) is 24.7 Å². The van der Waals surface area contributed by atoms with E-state index in [9.17, 15) is 21.6 Å². The number of furan rings is 1. The van der Waals surface area contributed by atoms with Gasteiger partial charge in [-0.1, -0.05) is 36.4 Å². The zero-order chi connectivity index (χ0) is 23.5. The predicted molar refractivity (Wildman–Crippen MR) is 122 cm³/mol. The van der Waals surface area contributed by atoms with Crippen molar-refractivity contribution in [3.05, 3.63) is 84.3 Å². The van der Waals surface area contributed by atoms with Gasteiger partial charge >= 0.3 is 0 Å². The third kappa shape index (κ3) is 5.35. The van der Waals surface area contributed by atoms with E-state index in [0.29, 0.717) is 31.5 Å². The van der Waals surface area contributed by atoms with Crippen LogP contribution in [0.25, 0.3) is 0 Å². The first-order valence-corrected chi connectivity index (χ1v) is 13.6. The van der Waals surface area contributed by atoms with Crippen LogP contribution >= 0.6 is 0 Å². The smallest absolute Gasteiger partial charge is 0.289 e. The zero-order valence-electron chi connectivity index (χ0n) is 17.8. The second-order valence-corrected chi connectivity index (χ2v) is 11.6. The highest BCUT2D eigenvalue weighted by molar-refractivity contribution is 7.90. The van der Waals surface area contributed by atoms with Gasteiger partial charge in [-0.25, -0.2) is 21.6 Å². The van der Waals surface area contributed by atoms with Crippen molar-refractivity contribution in [3.8, 4) is 0 Å². The molecule has 2 aromatic carbocycles. The Morgan fingerprint density at radius 3 is 2.06 bits per heavy atom. The van der Waals surface area contributed by atoms with Gasteiger partial charge in [0.25, 0.3) is 5.91 Å². The lowest BCUT2D eigenvalue weighted by atomic mass is 10.1. The van der Waals surface area contributed by atoms with Crippen LogP contribution in [-0.4, -0.2) is 46.8 Å². The van der Waals surface area contributed by atoms with Crippen LogP contribution < -0.4 is 4.72 Å². The van der Waals surface area contributed by atoms with E-state index < -0.39 is 25.8 Å². The van der Waals surface area contributed by atoms with Gasteiger partial charge in [0.15, 0.2) is 15.6 Å². The van der Waals surface area contributed by atoms with E-state index in [1.807, 2.05) is 0 Å². The van der Waals surface area contributed by atoms with Crippen LogP contribution in [0.5, 0.6) is 0 Å². The Hall–Kier alpha value is -2.95. The molecular formula is C23H24N2O6S2. The maximum Gasteiger partial charge on any atom is 0.289 e. The lowest BCUT2D eigenvalue weighted by Gasteiger charge is -2.31. The Balaban J connectivity index is 1.40. The summed E-state index contributed by atoms with van der Waals surface area (Å²) < 4.78 is 58.5. The Labute approximate surface area is 193 Å². The number of nitrogens with zero attached hydrogens (tertiary/aromatic N) is 1. The van der Waals surface area contributed by atoms with Crippen molar-refractivity contribution in [1.29, 1.82) is 0 Å². The molecule has 4 rings (SSSR count). The number of amides is 1. The van der Waals surface area contributed by atoms with Gasteiger partial charge in [-0.2, -0.15) is 0 Å². The number of nitrogens with one attached hydrogen (secondary N) is 1. The quantitative estimate of drug-likeness (QED) is 0.547. The van der Waals surface area contributed by atoms with Gasteiger partial charge in [0.1, 0.15) is 0 Å². The summed E-state index contributed by atoms with van der Waals surface area (Å²) in [7, 11) is -7.27. The average Bonchev–Trinajstić information content (AvgIpc) is 3.27. The summed E-state index contributed by atoms with van der Waals surface area (Å²) >= 11 is 0. The zero-order valence-corrected chi connectivity index (χ0v) is 19.4. The number of hydrogen-bond acceptors (Lipinski definition) is 6. The van der Waals surface area contributed by atoms with Crippen molar-refractivity contribution in [2.45, 2.75) is 34.4 Å². The molecule has 0 saturated carbocycles. The maximum atomic E-state index is 13.0. The van der Waals surface area contributed by atoms with E-state index in [1.165, 1.54) is 36.6 Å². The molecule has 0 unspecified atom stereocenters. The number of rotatable bonds is 7. The van der Waals surface area contributed by atoms with Gasteiger partial charge in [-0.15, -0.1) is 0 Å². The third-order valence-electron chi connectivity index (χ3n) is 5.55. The summed E-state index contributed by atoms with van der Waals surface area (Å²) in [5, 5.41) is 0. The molecular weight excluding hydrogens is 464 g/mol. The lowest BCUT2D eigenvalue weighted by molar-refractivity contribution is 0.0678. The number of sulfone groups is 1. The molecule has 3 aromatic rings. The SMILES string of the molecule is O=C(c1occc1CS(=O)(=O)c1ccccc1)N1CCC(NS(=O)(=O)c2ccccc2)CC1. The minimum Gasteiger partial charge on any atom is -0.459 e. The third-order valence-corrected chi connectivity index (χ3v) is 8.76. The topological polar surface area (TPSA) is 114 Å². The standard InChI is InChI=1S/C23H24N2O6S2/c26-23(22-18(13-16-31-22)17-32(27,28)20-7-3-1-4-8-20)25-14-11-19(12-15-25)24-33(29,30)21-9-5-2-6-10-21/h1-10,13,16,19,24H,11-12,14-15,17H2. The fourth-order valence-corrected chi connectivity index (χ4v) is 6.49. The molecule has 10 heteroatoms. The van der Waals surface area contributed by atoms with Crippen molar-refractivity contribution < 1.29 is 26.0 Å². The molecule has 1 saturated heterocycles. The maximum absolute atomic E-state index is 13.0. The van der Waals surface area contributed by atoms with Crippen LogP contribution in [0.15, 0.2) is 87.2 Å². The van der Waals surface area contributed by atoms with Crippen LogP contribution in [0.1, 0.15) is 29.0 Å². The number of likely N-dealkylation sites (tertiary alicyclic amines) is 1. The molecule has 0 spiro atoms. The second kappa shape index (κ2) is 9.50. The van der Waals surface area contributed by atoms with Crippen LogP contribution in [0, 0.1) is 0 Å². The van der Waals surface area contributed by atoms with E-state index >= 15 is 0 Å². The summed E-state index contributed by atoms with van der Waals surface area (Å²) in [5.74, 6) is -0.748. The second-order valence-electron chi connectivity index (χ2n) is 7.85. The lowest BCUT2D eigenvalue weighted by Crippen LogP contribution is -2.46. The summed E-state index contributed by atoms with van der Waals surface area (Å²) in [6, 6.07) is 17.4. The van der Waals surface area contributed by atoms with Gasteiger partial charge in [0.05, 0.1) is 21.8 Å². The van der Waals surface area contributed by atoms with Gasteiger partial charge in [0.2, 0.25) is 10.0 Å². The summed E-state index contributed by atoms with van der Waals surface area (Å²) in [4.78, 5) is 15.0. The van der Waals surface area contributed by atoms with Crippen molar-refractivity contribution in [2.24, 2.45) is 0 Å². The first kappa shape index (κ1) is 23.2. The highest BCUT2D eigenvalue weighted by atomic mass is 32.2. The Kier molecular flexibility index (Phi) is 6.68. The highest BCUT2D eigenvalue weighted by Crippen LogP contribution is 2.23. The van der Waals surface area contributed by atoms with Gasteiger partial charge in [-0.3, -0.25) is 4.79 Å². The van der Waals surface area contributed by atoms with Crippen LogP contribution in [0.2, 0.25) is 0 Å². The van der Waals surface area contributed by atoms with Crippen LogP contribution in [-0.2, 0) is 25.6 Å². The van der Waals surface area contributed by atoms with Crippen molar-refractivity contribution >= 4 is 25.8 Å². The molecule has 1 amide bonds. The number of benzene rings is 2. The molecule has 174 valence electrons. The number of hydrogen-bond donors (Lipinski definition) is 1. The highest BCUT2D eigenvalue weighted by Gasteiger charge is 2.30. The number of piperidine rings is 1. The normalized spacial score (nSPS) is 15.5. The molecule has 0 radical (unpaired) electrons. The molecule has 1 aliphatic heterocycles. The van der Waals surface area contributed by atoms with E-state index in [1.54, 1.807) is 41.3 Å². The minimum atomic E-state index is -3.63. The van der Waals surface area contributed by atoms with Gasteiger partial charge < -0.3 is 9.32 Å². The molecule has 1 N–H and O–H groups in total. The minimum absolute atomic E-state index is 0.00202. The molecule has 33 heavy (non-hydrogen) atoms. The first-order chi connectivity index (χ1) is 15.8.